The maximum absolute atomic E-state index is 15.3. The van der Waals surface area contributed by atoms with E-state index in [0.29, 0.717) is 11.1 Å². The summed E-state index contributed by atoms with van der Waals surface area (Å²) in [6.07, 6.45) is 2.69. The van der Waals surface area contributed by atoms with Gasteiger partial charge in [0.1, 0.15) is 5.82 Å². The highest BCUT2D eigenvalue weighted by Crippen LogP contribution is 2.39. The van der Waals surface area contributed by atoms with Crippen LogP contribution in [-0.2, 0) is 10.0 Å². The highest BCUT2D eigenvalue weighted by atomic mass is 32.2. The summed E-state index contributed by atoms with van der Waals surface area (Å²) in [6.45, 7) is 5.24. The lowest BCUT2D eigenvalue weighted by atomic mass is 10.0. The van der Waals surface area contributed by atoms with E-state index in [1.165, 1.54) is 31.6 Å². The van der Waals surface area contributed by atoms with E-state index in [1.807, 2.05) is 0 Å². The average Bonchev–Trinajstić information content (AvgIpc) is 2.67. The van der Waals surface area contributed by atoms with Crippen molar-refractivity contribution in [3.8, 4) is 28.1 Å². The lowest BCUT2D eigenvalue weighted by molar-refractivity contribution is 0.389. The zero-order valence-corrected chi connectivity index (χ0v) is 17.9. The van der Waals surface area contributed by atoms with Crippen molar-refractivity contribution < 1.29 is 17.5 Å². The van der Waals surface area contributed by atoms with Crippen LogP contribution in [0, 0.1) is 5.82 Å². The van der Waals surface area contributed by atoms with Crippen LogP contribution in [-0.4, -0.2) is 31.0 Å². The number of sulfonamides is 1. The molecule has 0 unspecified atom stereocenters. The summed E-state index contributed by atoms with van der Waals surface area (Å²) in [6, 6.07) is 9.48. The van der Waals surface area contributed by atoms with Crippen molar-refractivity contribution in [1.82, 2.24) is 14.7 Å². The molecule has 0 amide bonds. The first kappa shape index (κ1) is 21.7. The van der Waals surface area contributed by atoms with Crippen LogP contribution in [0.2, 0.25) is 0 Å². The highest BCUT2D eigenvalue weighted by Gasteiger charge is 2.27. The predicted octanol–water partition coefficient (Wildman–Crippen LogP) is 3.62. The van der Waals surface area contributed by atoms with Gasteiger partial charge in [0.25, 0.3) is 0 Å². The molecule has 0 spiro atoms. The Balaban J connectivity index is 2.18. The van der Waals surface area contributed by atoms with E-state index in [4.69, 9.17) is 10.5 Å². The molecule has 9 heteroatoms. The van der Waals surface area contributed by atoms with Gasteiger partial charge in [-0.15, -0.1) is 0 Å². The molecule has 3 N–H and O–H groups in total. The van der Waals surface area contributed by atoms with Gasteiger partial charge in [-0.1, -0.05) is 18.2 Å². The molecular weight excluding hydrogens is 407 g/mol. The van der Waals surface area contributed by atoms with Gasteiger partial charge in [0.15, 0.2) is 11.6 Å². The van der Waals surface area contributed by atoms with Crippen LogP contribution < -0.4 is 15.2 Å². The molecule has 0 aliphatic rings. The van der Waals surface area contributed by atoms with Crippen LogP contribution in [0.25, 0.3) is 22.4 Å². The minimum Gasteiger partial charge on any atom is -0.493 e. The second-order valence-electron chi connectivity index (χ2n) is 7.69. The van der Waals surface area contributed by atoms with Crippen molar-refractivity contribution in [3.05, 3.63) is 54.6 Å². The van der Waals surface area contributed by atoms with Crippen LogP contribution in [0.5, 0.6) is 5.75 Å². The number of halogens is 1. The molecule has 158 valence electrons. The minimum absolute atomic E-state index is 0.0256. The third-order valence-corrected chi connectivity index (χ3v) is 5.97. The highest BCUT2D eigenvalue weighted by molar-refractivity contribution is 7.89. The number of hydrogen-bond donors (Lipinski definition) is 2. The van der Waals surface area contributed by atoms with Crippen molar-refractivity contribution in [2.45, 2.75) is 31.2 Å². The Morgan fingerprint density at radius 2 is 1.67 bits per heavy atom. The maximum atomic E-state index is 15.3. The summed E-state index contributed by atoms with van der Waals surface area (Å²) < 4.78 is 49.2. The number of hydrogen-bond acceptors (Lipinski definition) is 6. The quantitative estimate of drug-likeness (QED) is 0.640. The van der Waals surface area contributed by atoms with E-state index in [-0.39, 0.29) is 27.7 Å². The van der Waals surface area contributed by atoms with Crippen molar-refractivity contribution in [1.29, 1.82) is 0 Å². The molecule has 0 saturated heterocycles. The number of nitrogens with two attached hydrogens (primary N) is 1. The van der Waals surface area contributed by atoms with Crippen LogP contribution in [0.15, 0.2) is 53.7 Å². The largest absolute Gasteiger partial charge is 0.493 e. The third-order valence-electron chi connectivity index (χ3n) is 4.16. The number of aromatic nitrogens is 2. The summed E-state index contributed by atoms with van der Waals surface area (Å²) in [4.78, 5) is 8.05. The molecule has 1 aromatic heterocycles. The Hall–Kier alpha value is -3.04. The zero-order valence-electron chi connectivity index (χ0n) is 17.1. The zero-order chi connectivity index (χ0) is 22.1. The van der Waals surface area contributed by atoms with E-state index in [0.717, 1.165) is 0 Å². The van der Waals surface area contributed by atoms with Crippen LogP contribution in [0.3, 0.4) is 0 Å². The molecule has 3 rings (SSSR count). The Bertz CT molecular complexity index is 1170. The molecule has 0 aliphatic carbocycles. The summed E-state index contributed by atoms with van der Waals surface area (Å²) in [5.74, 6) is -0.553. The number of ether oxygens (including phenoxy) is 1. The number of methoxy groups -OCH3 is 1. The molecule has 3 aromatic rings. The third kappa shape index (κ3) is 4.42. The molecule has 7 nitrogen and oxygen atoms in total. The van der Waals surface area contributed by atoms with E-state index in [1.54, 1.807) is 45.0 Å². The van der Waals surface area contributed by atoms with E-state index >= 15 is 4.39 Å². The Kier molecular flexibility index (Phi) is 5.78. The van der Waals surface area contributed by atoms with Gasteiger partial charge >= 0.3 is 0 Å². The molecule has 0 fully saturated rings. The fraction of sp³-hybridized carbons (Fsp3) is 0.238. The topological polar surface area (TPSA) is 107 Å². The van der Waals surface area contributed by atoms with Gasteiger partial charge in [-0.3, -0.25) is 4.98 Å². The van der Waals surface area contributed by atoms with Gasteiger partial charge in [0, 0.05) is 22.2 Å². The molecule has 0 saturated carbocycles. The summed E-state index contributed by atoms with van der Waals surface area (Å²) in [5.41, 5.74) is 5.93. The van der Waals surface area contributed by atoms with Crippen molar-refractivity contribution >= 4 is 15.8 Å². The van der Waals surface area contributed by atoms with Crippen LogP contribution in [0.1, 0.15) is 20.8 Å². The monoisotopic (exact) mass is 430 g/mol. The SMILES string of the molecule is COc1c(-c2ccccc2S(=O)(=O)NC(C)(C)C)ccc(-c2cnc(N)cn2)c1F. The second-order valence-corrected chi connectivity index (χ2v) is 9.34. The summed E-state index contributed by atoms with van der Waals surface area (Å²) in [5, 5.41) is 0. The average molecular weight is 431 g/mol. The maximum Gasteiger partial charge on any atom is 0.241 e. The lowest BCUT2D eigenvalue weighted by Crippen LogP contribution is -2.40. The molecule has 0 atom stereocenters. The second kappa shape index (κ2) is 8.00. The number of benzene rings is 2. The van der Waals surface area contributed by atoms with Crippen molar-refractivity contribution in [2.24, 2.45) is 0 Å². The first-order valence-electron chi connectivity index (χ1n) is 9.11. The Labute approximate surface area is 175 Å². The summed E-state index contributed by atoms with van der Waals surface area (Å²) >= 11 is 0. The fourth-order valence-corrected chi connectivity index (χ4v) is 4.67. The van der Waals surface area contributed by atoms with Gasteiger partial charge in [0.2, 0.25) is 10.0 Å². The number of nitrogens with zero attached hydrogens (tertiary/aromatic N) is 2. The molecule has 0 radical (unpaired) electrons. The van der Waals surface area contributed by atoms with Gasteiger partial charge in [-0.2, -0.15) is 0 Å². The molecular formula is C21H23FN4O3S. The van der Waals surface area contributed by atoms with E-state index in [2.05, 4.69) is 14.7 Å². The van der Waals surface area contributed by atoms with Gasteiger partial charge in [-0.25, -0.2) is 22.5 Å². The first-order valence-corrected chi connectivity index (χ1v) is 10.6. The Morgan fingerprint density at radius 1 is 1.00 bits per heavy atom. The van der Waals surface area contributed by atoms with Crippen molar-refractivity contribution in [2.75, 3.05) is 12.8 Å². The normalized spacial score (nSPS) is 12.0. The predicted molar refractivity (Wildman–Crippen MR) is 114 cm³/mol. The standard InChI is InChI=1S/C21H23FN4O3S/c1-21(2,3)26-30(27,28)17-8-6-5-7-13(17)14-9-10-15(19(22)20(14)29-4)16-11-25-18(23)12-24-16/h5-12,26H,1-4H3,(H2,23,25). The van der Waals surface area contributed by atoms with E-state index in [9.17, 15) is 8.42 Å². The molecule has 2 aromatic carbocycles. The number of rotatable bonds is 5. The minimum atomic E-state index is -3.87. The molecule has 1 heterocycles. The number of nitrogens with one attached hydrogen (secondary N) is 1. The lowest BCUT2D eigenvalue weighted by Gasteiger charge is -2.22. The summed E-state index contributed by atoms with van der Waals surface area (Å²) in [7, 11) is -2.54. The van der Waals surface area contributed by atoms with Crippen molar-refractivity contribution in [3.63, 3.8) is 0 Å². The number of anilines is 1. The van der Waals surface area contributed by atoms with E-state index < -0.39 is 21.4 Å². The van der Waals surface area contributed by atoms with Crippen LogP contribution >= 0.6 is 0 Å². The van der Waals surface area contributed by atoms with Gasteiger partial charge < -0.3 is 10.5 Å². The first-order chi connectivity index (χ1) is 14.0. The molecule has 0 bridgehead atoms. The van der Waals surface area contributed by atoms with Gasteiger partial charge in [-0.05, 0) is 39.0 Å². The smallest absolute Gasteiger partial charge is 0.241 e. The molecule has 0 aliphatic heterocycles. The number of nitrogen functional groups attached to an aromatic ring is 1. The fourth-order valence-electron chi connectivity index (χ4n) is 3.02. The van der Waals surface area contributed by atoms with Crippen LogP contribution in [0.4, 0.5) is 10.2 Å². The Morgan fingerprint density at radius 3 is 2.27 bits per heavy atom. The van der Waals surface area contributed by atoms with Gasteiger partial charge in [0.05, 0.1) is 30.1 Å². The molecule has 30 heavy (non-hydrogen) atoms.